The van der Waals surface area contributed by atoms with Gasteiger partial charge in [0.1, 0.15) is 13.2 Å². The van der Waals surface area contributed by atoms with E-state index in [-0.39, 0.29) is 22.8 Å². The van der Waals surface area contributed by atoms with Crippen molar-refractivity contribution in [1.29, 1.82) is 0 Å². The van der Waals surface area contributed by atoms with Gasteiger partial charge in [0.15, 0.2) is 0 Å². The van der Waals surface area contributed by atoms with Crippen LogP contribution < -0.4 is 0 Å². The first-order valence-corrected chi connectivity index (χ1v) is 10.4. The number of carbonyl (C=O) groups is 2. The Morgan fingerprint density at radius 2 is 1.75 bits per heavy atom. The SMILES string of the molecule is C=C/C(C)=C/C[C@@H]1C(=C)CC[C@@H]2C(COC(C)=O)(COC(C)=O)CCC[C@@]12C. The lowest BCUT2D eigenvalue weighted by molar-refractivity contribution is -0.170. The number of allylic oxidation sites excluding steroid dienone is 4. The number of hydrogen-bond acceptors (Lipinski definition) is 4. The summed E-state index contributed by atoms with van der Waals surface area (Å²) in [6.45, 7) is 16.2. The molecule has 2 saturated carbocycles. The van der Waals surface area contributed by atoms with Gasteiger partial charge < -0.3 is 9.47 Å². The number of fused-ring (bicyclic) bond motifs is 1. The molecule has 0 aromatic carbocycles. The molecule has 2 rings (SSSR count). The minimum atomic E-state index is -0.319. The quantitative estimate of drug-likeness (QED) is 0.333. The maximum absolute atomic E-state index is 11.6. The summed E-state index contributed by atoms with van der Waals surface area (Å²) in [4.78, 5) is 23.1. The molecule has 0 unspecified atom stereocenters. The second kappa shape index (κ2) is 9.11. The van der Waals surface area contributed by atoms with E-state index < -0.39 is 0 Å². The van der Waals surface area contributed by atoms with Crippen LogP contribution in [-0.2, 0) is 19.1 Å². The summed E-state index contributed by atoms with van der Waals surface area (Å²) in [6, 6.07) is 0. The van der Waals surface area contributed by atoms with E-state index in [1.165, 1.54) is 25.0 Å². The molecule has 0 aromatic heterocycles. The Morgan fingerprint density at radius 1 is 1.14 bits per heavy atom. The molecule has 0 bridgehead atoms. The zero-order chi connectivity index (χ0) is 20.9. The van der Waals surface area contributed by atoms with Gasteiger partial charge >= 0.3 is 11.9 Å². The smallest absolute Gasteiger partial charge is 0.302 e. The van der Waals surface area contributed by atoms with Crippen LogP contribution in [0.1, 0.15) is 66.2 Å². The molecule has 0 aromatic rings. The summed E-state index contributed by atoms with van der Waals surface area (Å²) >= 11 is 0. The van der Waals surface area contributed by atoms with Crippen molar-refractivity contribution in [1.82, 2.24) is 0 Å². The van der Waals surface area contributed by atoms with E-state index in [0.29, 0.717) is 25.0 Å². The van der Waals surface area contributed by atoms with Gasteiger partial charge in [-0.05, 0) is 56.3 Å². The molecule has 0 saturated heterocycles. The Hall–Kier alpha value is -1.84. The van der Waals surface area contributed by atoms with Crippen molar-refractivity contribution in [2.75, 3.05) is 13.2 Å². The minimum absolute atomic E-state index is 0.0475. The largest absolute Gasteiger partial charge is 0.465 e. The molecule has 2 fully saturated rings. The fourth-order valence-corrected chi connectivity index (χ4v) is 5.59. The summed E-state index contributed by atoms with van der Waals surface area (Å²) < 4.78 is 11.0. The van der Waals surface area contributed by atoms with E-state index in [9.17, 15) is 9.59 Å². The highest BCUT2D eigenvalue weighted by Crippen LogP contribution is 2.62. The monoisotopic (exact) mass is 388 g/mol. The Morgan fingerprint density at radius 3 is 2.29 bits per heavy atom. The van der Waals surface area contributed by atoms with Crippen LogP contribution in [-0.4, -0.2) is 25.2 Å². The molecule has 28 heavy (non-hydrogen) atoms. The molecular formula is C24H36O4. The lowest BCUT2D eigenvalue weighted by Crippen LogP contribution is -2.55. The van der Waals surface area contributed by atoms with E-state index in [1.807, 2.05) is 6.08 Å². The lowest BCUT2D eigenvalue weighted by atomic mass is 9.46. The van der Waals surface area contributed by atoms with Gasteiger partial charge in [-0.25, -0.2) is 0 Å². The van der Waals surface area contributed by atoms with E-state index in [2.05, 4.69) is 33.1 Å². The molecule has 156 valence electrons. The second-order valence-electron chi connectivity index (χ2n) is 8.97. The van der Waals surface area contributed by atoms with E-state index >= 15 is 0 Å². The number of ether oxygens (including phenoxy) is 2. The molecular weight excluding hydrogens is 352 g/mol. The molecule has 0 spiro atoms. The molecule has 0 radical (unpaired) electrons. The predicted octanol–water partition coefficient (Wildman–Crippen LogP) is 5.39. The third-order valence-electron chi connectivity index (χ3n) is 7.09. The molecule has 0 aliphatic heterocycles. The number of rotatable bonds is 7. The number of carbonyl (C=O) groups excluding carboxylic acids is 2. The summed E-state index contributed by atoms with van der Waals surface area (Å²) in [5.74, 6) is 0.127. The van der Waals surface area contributed by atoms with E-state index in [1.54, 1.807) is 0 Å². The highest BCUT2D eigenvalue weighted by Gasteiger charge is 2.57. The van der Waals surface area contributed by atoms with Crippen LogP contribution in [0, 0.1) is 22.7 Å². The van der Waals surface area contributed by atoms with Crippen LogP contribution >= 0.6 is 0 Å². The first-order chi connectivity index (χ1) is 13.1. The van der Waals surface area contributed by atoms with Gasteiger partial charge in [-0.15, -0.1) is 0 Å². The van der Waals surface area contributed by atoms with Crippen LogP contribution in [0.15, 0.2) is 36.5 Å². The molecule has 0 heterocycles. The predicted molar refractivity (Wildman–Crippen MR) is 112 cm³/mol. The summed E-state index contributed by atoms with van der Waals surface area (Å²) in [6.07, 6.45) is 10.1. The average molecular weight is 389 g/mol. The van der Waals surface area contributed by atoms with Gasteiger partial charge in [-0.2, -0.15) is 0 Å². The van der Waals surface area contributed by atoms with Crippen molar-refractivity contribution in [3.63, 3.8) is 0 Å². The minimum Gasteiger partial charge on any atom is -0.465 e. The van der Waals surface area contributed by atoms with Crippen molar-refractivity contribution in [3.05, 3.63) is 36.5 Å². The van der Waals surface area contributed by atoms with Gasteiger partial charge in [0.2, 0.25) is 0 Å². The van der Waals surface area contributed by atoms with E-state index in [4.69, 9.17) is 9.47 Å². The molecule has 4 nitrogen and oxygen atoms in total. The Bertz CT molecular complexity index is 642. The van der Waals surface area contributed by atoms with Crippen LogP contribution in [0.4, 0.5) is 0 Å². The summed E-state index contributed by atoms with van der Waals surface area (Å²) in [5.41, 5.74) is 2.22. The standard InChI is InChI=1S/C24H36O4/c1-7-17(2)9-11-21-18(3)10-12-22-23(21,6)13-8-14-24(22,15-27-19(4)25)16-28-20(5)26/h7,9,21-22H,1,3,8,10-16H2,2,4-6H3/b17-9+/t21-,22+,23+/m1/s1. The van der Waals surface area contributed by atoms with Crippen LogP contribution in [0.2, 0.25) is 0 Å². The second-order valence-corrected chi connectivity index (χ2v) is 8.97. The van der Waals surface area contributed by atoms with Gasteiger partial charge in [-0.1, -0.05) is 49.8 Å². The van der Waals surface area contributed by atoms with E-state index in [0.717, 1.165) is 38.5 Å². The third kappa shape index (κ3) is 4.76. The molecule has 3 atom stereocenters. The first-order valence-electron chi connectivity index (χ1n) is 10.4. The topological polar surface area (TPSA) is 52.6 Å². The highest BCUT2D eigenvalue weighted by molar-refractivity contribution is 5.66. The number of esters is 2. The van der Waals surface area contributed by atoms with Crippen molar-refractivity contribution >= 4 is 11.9 Å². The average Bonchev–Trinajstić information content (AvgIpc) is 2.63. The van der Waals surface area contributed by atoms with Crippen LogP contribution in [0.25, 0.3) is 0 Å². The number of hydrogen-bond donors (Lipinski definition) is 0. The van der Waals surface area contributed by atoms with Crippen molar-refractivity contribution in [3.8, 4) is 0 Å². The molecule has 0 N–H and O–H groups in total. The first kappa shape index (κ1) is 22.4. The maximum Gasteiger partial charge on any atom is 0.302 e. The fourth-order valence-electron chi connectivity index (χ4n) is 5.59. The van der Waals surface area contributed by atoms with Crippen molar-refractivity contribution < 1.29 is 19.1 Å². The molecule has 4 heteroatoms. The summed E-state index contributed by atoms with van der Waals surface area (Å²) in [5, 5.41) is 0. The van der Waals surface area contributed by atoms with Crippen LogP contribution in [0.5, 0.6) is 0 Å². The fraction of sp³-hybridized carbons (Fsp3) is 0.667. The molecule has 2 aliphatic carbocycles. The Balaban J connectivity index is 2.38. The molecule has 2 aliphatic rings. The van der Waals surface area contributed by atoms with Gasteiger partial charge in [0, 0.05) is 19.3 Å². The van der Waals surface area contributed by atoms with Crippen molar-refractivity contribution in [2.45, 2.75) is 66.2 Å². The maximum atomic E-state index is 11.6. The van der Waals surface area contributed by atoms with Gasteiger partial charge in [0.25, 0.3) is 0 Å². The third-order valence-corrected chi connectivity index (χ3v) is 7.09. The Kier molecular flexibility index (Phi) is 7.30. The zero-order valence-electron chi connectivity index (χ0n) is 18.0. The normalized spacial score (nSPS) is 29.6. The highest BCUT2D eigenvalue weighted by atomic mass is 16.5. The lowest BCUT2D eigenvalue weighted by Gasteiger charge is -2.59. The zero-order valence-corrected chi connectivity index (χ0v) is 18.0. The van der Waals surface area contributed by atoms with Crippen molar-refractivity contribution in [2.24, 2.45) is 22.7 Å². The van der Waals surface area contributed by atoms with Gasteiger partial charge in [0.05, 0.1) is 0 Å². The summed E-state index contributed by atoms with van der Waals surface area (Å²) in [7, 11) is 0. The van der Waals surface area contributed by atoms with Gasteiger partial charge in [-0.3, -0.25) is 9.59 Å². The van der Waals surface area contributed by atoms with Crippen LogP contribution in [0.3, 0.4) is 0 Å². The molecule has 0 amide bonds. The Labute approximate surface area is 170 Å².